The first-order chi connectivity index (χ1) is 6.29. The lowest BCUT2D eigenvalue weighted by molar-refractivity contribution is -0.386. The van der Waals surface area contributed by atoms with Gasteiger partial charge in [0.2, 0.25) is 5.75 Å². The standard InChI is InChI=1S/C8H7NO4/c10-9(11)6-2-1-3-7-8(6)13-5-4-12-7/h1-3H,4-5H2. The number of nitrogens with zero attached hydrogens (tertiary/aromatic N) is 1. The van der Waals surface area contributed by atoms with E-state index in [2.05, 4.69) is 0 Å². The normalized spacial score (nSPS) is 13.8. The van der Waals surface area contributed by atoms with E-state index in [0.717, 1.165) is 0 Å². The quantitative estimate of drug-likeness (QED) is 0.484. The smallest absolute Gasteiger partial charge is 0.314 e. The van der Waals surface area contributed by atoms with Gasteiger partial charge in [-0.1, -0.05) is 6.07 Å². The molecule has 0 radical (unpaired) electrons. The van der Waals surface area contributed by atoms with Crippen LogP contribution in [0.3, 0.4) is 0 Å². The van der Waals surface area contributed by atoms with Crippen LogP contribution in [0.15, 0.2) is 18.2 Å². The molecule has 1 aromatic carbocycles. The fraction of sp³-hybridized carbons (Fsp3) is 0.250. The molecule has 13 heavy (non-hydrogen) atoms. The SMILES string of the molecule is O=[N+]([O-])c1cccc2c1OCCO2. The molecule has 0 N–H and O–H groups in total. The molecular weight excluding hydrogens is 174 g/mol. The van der Waals surface area contributed by atoms with Gasteiger partial charge in [0.05, 0.1) is 4.92 Å². The Kier molecular flexibility index (Phi) is 1.77. The Morgan fingerprint density at radius 2 is 2.08 bits per heavy atom. The van der Waals surface area contributed by atoms with Gasteiger partial charge in [-0.05, 0) is 6.07 Å². The Bertz CT molecular complexity index is 350. The van der Waals surface area contributed by atoms with Gasteiger partial charge in [0.15, 0.2) is 5.75 Å². The van der Waals surface area contributed by atoms with E-state index in [4.69, 9.17) is 9.47 Å². The minimum atomic E-state index is -0.479. The van der Waals surface area contributed by atoms with E-state index in [0.29, 0.717) is 19.0 Å². The zero-order chi connectivity index (χ0) is 9.26. The molecule has 1 aromatic rings. The third-order valence-corrected chi connectivity index (χ3v) is 1.74. The molecular formula is C8H7NO4. The van der Waals surface area contributed by atoms with E-state index >= 15 is 0 Å². The first kappa shape index (κ1) is 7.85. The highest BCUT2D eigenvalue weighted by atomic mass is 16.6. The topological polar surface area (TPSA) is 61.6 Å². The van der Waals surface area contributed by atoms with Crippen molar-refractivity contribution in [3.8, 4) is 11.5 Å². The summed E-state index contributed by atoms with van der Waals surface area (Å²) in [6.07, 6.45) is 0. The molecule has 1 aliphatic heterocycles. The van der Waals surface area contributed by atoms with Crippen LogP contribution in [-0.4, -0.2) is 18.1 Å². The fourth-order valence-corrected chi connectivity index (χ4v) is 1.20. The van der Waals surface area contributed by atoms with Crippen molar-refractivity contribution in [2.45, 2.75) is 0 Å². The molecule has 0 amide bonds. The maximum Gasteiger partial charge on any atom is 0.314 e. The van der Waals surface area contributed by atoms with Crippen molar-refractivity contribution in [1.29, 1.82) is 0 Å². The van der Waals surface area contributed by atoms with Crippen molar-refractivity contribution in [3.63, 3.8) is 0 Å². The Labute approximate surface area is 74.0 Å². The molecule has 0 spiro atoms. The summed E-state index contributed by atoms with van der Waals surface area (Å²) in [6.45, 7) is 0.798. The van der Waals surface area contributed by atoms with E-state index < -0.39 is 4.92 Å². The van der Waals surface area contributed by atoms with E-state index in [1.165, 1.54) is 6.07 Å². The molecule has 0 aromatic heterocycles. The van der Waals surface area contributed by atoms with Crippen molar-refractivity contribution < 1.29 is 14.4 Å². The maximum absolute atomic E-state index is 10.5. The van der Waals surface area contributed by atoms with Crippen LogP contribution in [0, 0.1) is 10.1 Å². The first-order valence-electron chi connectivity index (χ1n) is 3.82. The average molecular weight is 181 g/mol. The minimum absolute atomic E-state index is 0.0443. The maximum atomic E-state index is 10.5. The van der Waals surface area contributed by atoms with Crippen LogP contribution in [0.25, 0.3) is 0 Å². The van der Waals surface area contributed by atoms with E-state index in [9.17, 15) is 10.1 Å². The van der Waals surface area contributed by atoms with Crippen LogP contribution in [0.5, 0.6) is 11.5 Å². The minimum Gasteiger partial charge on any atom is -0.486 e. The number of ether oxygens (including phenoxy) is 2. The molecule has 2 rings (SSSR count). The second-order valence-corrected chi connectivity index (χ2v) is 2.56. The highest BCUT2D eigenvalue weighted by molar-refractivity contribution is 5.56. The van der Waals surface area contributed by atoms with Gasteiger partial charge < -0.3 is 9.47 Å². The van der Waals surface area contributed by atoms with Gasteiger partial charge in [-0.25, -0.2) is 0 Å². The lowest BCUT2D eigenvalue weighted by Crippen LogP contribution is -2.16. The van der Waals surface area contributed by atoms with Gasteiger partial charge in [-0.2, -0.15) is 0 Å². The van der Waals surface area contributed by atoms with Crippen LogP contribution in [0.1, 0.15) is 0 Å². The van der Waals surface area contributed by atoms with Crippen molar-refractivity contribution in [2.75, 3.05) is 13.2 Å². The number of nitro benzene ring substituents is 1. The Balaban J connectivity index is 2.52. The summed E-state index contributed by atoms with van der Waals surface area (Å²) in [5, 5.41) is 10.5. The lowest BCUT2D eigenvalue weighted by Gasteiger charge is -2.17. The molecule has 0 saturated carbocycles. The van der Waals surface area contributed by atoms with E-state index in [1.807, 2.05) is 0 Å². The summed E-state index contributed by atoms with van der Waals surface area (Å²) in [6, 6.07) is 4.63. The Morgan fingerprint density at radius 1 is 1.31 bits per heavy atom. The van der Waals surface area contributed by atoms with Gasteiger partial charge in [0.1, 0.15) is 13.2 Å². The molecule has 0 saturated heterocycles. The molecule has 1 heterocycles. The number of rotatable bonds is 1. The van der Waals surface area contributed by atoms with Crippen LogP contribution >= 0.6 is 0 Å². The number of fused-ring (bicyclic) bond motifs is 1. The summed E-state index contributed by atoms with van der Waals surface area (Å²) >= 11 is 0. The molecule has 5 heteroatoms. The predicted octanol–water partition coefficient (Wildman–Crippen LogP) is 1.37. The summed E-state index contributed by atoms with van der Waals surface area (Å²) in [5.41, 5.74) is -0.0443. The van der Waals surface area contributed by atoms with Crippen molar-refractivity contribution in [2.24, 2.45) is 0 Å². The zero-order valence-corrected chi connectivity index (χ0v) is 6.73. The summed E-state index contributed by atoms with van der Waals surface area (Å²) in [4.78, 5) is 10.1. The van der Waals surface area contributed by atoms with Gasteiger partial charge in [-0.3, -0.25) is 10.1 Å². The van der Waals surface area contributed by atoms with Crippen LogP contribution < -0.4 is 9.47 Å². The molecule has 0 fully saturated rings. The van der Waals surface area contributed by atoms with E-state index in [-0.39, 0.29) is 11.4 Å². The fourth-order valence-electron chi connectivity index (χ4n) is 1.20. The zero-order valence-electron chi connectivity index (χ0n) is 6.73. The van der Waals surface area contributed by atoms with Gasteiger partial charge in [0.25, 0.3) is 0 Å². The van der Waals surface area contributed by atoms with Gasteiger partial charge in [-0.15, -0.1) is 0 Å². The number of benzene rings is 1. The third kappa shape index (κ3) is 1.28. The van der Waals surface area contributed by atoms with Crippen LogP contribution in [0.2, 0.25) is 0 Å². The average Bonchev–Trinajstić information content (AvgIpc) is 2.17. The van der Waals surface area contributed by atoms with Crippen molar-refractivity contribution in [1.82, 2.24) is 0 Å². The highest BCUT2D eigenvalue weighted by Crippen LogP contribution is 2.38. The molecule has 5 nitrogen and oxygen atoms in total. The Hall–Kier alpha value is -1.78. The number of hydrogen-bond acceptors (Lipinski definition) is 4. The number of nitro groups is 1. The second-order valence-electron chi connectivity index (χ2n) is 2.56. The first-order valence-corrected chi connectivity index (χ1v) is 3.82. The van der Waals surface area contributed by atoms with E-state index in [1.54, 1.807) is 12.1 Å². The summed E-state index contributed by atoms with van der Waals surface area (Å²) < 4.78 is 10.3. The molecule has 1 aliphatic rings. The summed E-state index contributed by atoms with van der Waals surface area (Å²) in [5.74, 6) is 0.680. The molecule has 68 valence electrons. The van der Waals surface area contributed by atoms with Crippen molar-refractivity contribution >= 4 is 5.69 Å². The number of para-hydroxylation sites is 1. The lowest BCUT2D eigenvalue weighted by atomic mass is 10.2. The van der Waals surface area contributed by atoms with Crippen LogP contribution in [-0.2, 0) is 0 Å². The predicted molar refractivity (Wildman–Crippen MR) is 44.1 cm³/mol. The van der Waals surface area contributed by atoms with Gasteiger partial charge in [0, 0.05) is 6.07 Å². The largest absolute Gasteiger partial charge is 0.486 e. The molecule has 0 bridgehead atoms. The molecule has 0 aliphatic carbocycles. The third-order valence-electron chi connectivity index (χ3n) is 1.74. The molecule has 0 unspecified atom stereocenters. The highest BCUT2D eigenvalue weighted by Gasteiger charge is 2.22. The van der Waals surface area contributed by atoms with Crippen molar-refractivity contribution in [3.05, 3.63) is 28.3 Å². The van der Waals surface area contributed by atoms with Gasteiger partial charge >= 0.3 is 5.69 Å². The molecule has 0 atom stereocenters. The monoisotopic (exact) mass is 181 g/mol. The second kappa shape index (κ2) is 2.93. The van der Waals surface area contributed by atoms with Crippen LogP contribution in [0.4, 0.5) is 5.69 Å². The Morgan fingerprint density at radius 3 is 2.85 bits per heavy atom. The summed E-state index contributed by atoms with van der Waals surface area (Å²) in [7, 11) is 0. The number of hydrogen-bond donors (Lipinski definition) is 0.